The van der Waals surface area contributed by atoms with Crippen molar-refractivity contribution in [2.24, 2.45) is 10.9 Å². The van der Waals surface area contributed by atoms with E-state index in [-0.39, 0.29) is 0 Å². The summed E-state index contributed by atoms with van der Waals surface area (Å²) in [6.45, 7) is 3.06. The summed E-state index contributed by atoms with van der Waals surface area (Å²) < 4.78 is 0. The maximum Gasteiger partial charge on any atom is 0.193 e. The van der Waals surface area contributed by atoms with Crippen LogP contribution in [0.15, 0.2) is 52.8 Å². The molecular formula is C18H23N3S. The van der Waals surface area contributed by atoms with Gasteiger partial charge in [0.05, 0.1) is 6.54 Å². The molecule has 1 fully saturated rings. The third-order valence-corrected chi connectivity index (χ3v) is 5.04. The molecule has 1 aliphatic heterocycles. The minimum absolute atomic E-state index is 0.725. The Morgan fingerprint density at radius 2 is 2.14 bits per heavy atom. The van der Waals surface area contributed by atoms with Crippen LogP contribution in [-0.2, 0) is 13.0 Å². The molecule has 0 spiro atoms. The van der Waals surface area contributed by atoms with E-state index >= 15 is 0 Å². The molecule has 1 saturated heterocycles. The van der Waals surface area contributed by atoms with Crippen LogP contribution in [0.2, 0.25) is 0 Å². The number of benzene rings is 1. The molecular weight excluding hydrogens is 290 g/mol. The molecule has 0 aliphatic carbocycles. The van der Waals surface area contributed by atoms with Gasteiger partial charge in [-0.1, -0.05) is 36.4 Å². The number of aliphatic imine (C=N–C) groups is 1. The fourth-order valence-electron chi connectivity index (χ4n) is 3.05. The lowest BCUT2D eigenvalue weighted by atomic mass is 9.99. The molecule has 22 heavy (non-hydrogen) atoms. The molecule has 0 bridgehead atoms. The highest BCUT2D eigenvalue weighted by atomic mass is 32.1. The summed E-state index contributed by atoms with van der Waals surface area (Å²) in [5, 5.41) is 5.60. The van der Waals surface area contributed by atoms with Crippen molar-refractivity contribution in [2.45, 2.75) is 19.4 Å². The van der Waals surface area contributed by atoms with Crippen molar-refractivity contribution in [3.05, 3.63) is 58.3 Å². The third-order valence-electron chi connectivity index (χ3n) is 4.17. The van der Waals surface area contributed by atoms with Crippen LogP contribution in [0.3, 0.4) is 0 Å². The molecule has 1 aliphatic rings. The van der Waals surface area contributed by atoms with Crippen molar-refractivity contribution in [1.82, 2.24) is 10.2 Å². The van der Waals surface area contributed by atoms with Gasteiger partial charge in [-0.2, -0.15) is 0 Å². The highest BCUT2D eigenvalue weighted by Gasteiger charge is 2.24. The van der Waals surface area contributed by atoms with Crippen molar-refractivity contribution in [2.75, 3.05) is 20.1 Å². The van der Waals surface area contributed by atoms with Gasteiger partial charge in [-0.05, 0) is 35.8 Å². The molecule has 1 N–H and O–H groups in total. The number of guanidine groups is 1. The summed E-state index contributed by atoms with van der Waals surface area (Å²) in [5.74, 6) is 1.76. The molecule has 116 valence electrons. The third kappa shape index (κ3) is 3.89. The lowest BCUT2D eigenvalue weighted by molar-refractivity contribution is 0.460. The van der Waals surface area contributed by atoms with E-state index in [1.54, 1.807) is 11.3 Å². The molecule has 3 rings (SSSR count). The molecule has 3 nitrogen and oxygen atoms in total. The Bertz CT molecular complexity index is 592. The quantitative estimate of drug-likeness (QED) is 0.692. The van der Waals surface area contributed by atoms with Gasteiger partial charge >= 0.3 is 0 Å². The first kappa shape index (κ1) is 15.1. The van der Waals surface area contributed by atoms with Gasteiger partial charge in [-0.25, -0.2) is 0 Å². The highest BCUT2D eigenvalue weighted by Crippen LogP contribution is 2.21. The number of thiophene rings is 1. The van der Waals surface area contributed by atoms with Crippen LogP contribution >= 0.6 is 11.3 Å². The second-order valence-corrected chi connectivity index (χ2v) is 6.80. The summed E-state index contributed by atoms with van der Waals surface area (Å²) in [4.78, 5) is 8.19. The van der Waals surface area contributed by atoms with Gasteiger partial charge in [-0.15, -0.1) is 11.3 Å². The minimum atomic E-state index is 0.725. The van der Waals surface area contributed by atoms with Crippen LogP contribution in [0.1, 0.15) is 16.9 Å². The van der Waals surface area contributed by atoms with Gasteiger partial charge < -0.3 is 10.2 Å². The van der Waals surface area contributed by atoms with Gasteiger partial charge in [0.1, 0.15) is 0 Å². The number of rotatable bonds is 4. The van der Waals surface area contributed by atoms with Crippen molar-refractivity contribution < 1.29 is 0 Å². The van der Waals surface area contributed by atoms with Crippen LogP contribution in [0.5, 0.6) is 0 Å². The Morgan fingerprint density at radius 3 is 2.86 bits per heavy atom. The Kier molecular flexibility index (Phi) is 5.11. The van der Waals surface area contributed by atoms with E-state index in [9.17, 15) is 0 Å². The van der Waals surface area contributed by atoms with Crippen LogP contribution in [0.25, 0.3) is 0 Å². The number of likely N-dealkylation sites (tertiary alicyclic amines) is 1. The maximum atomic E-state index is 4.45. The molecule has 1 atom stereocenters. The second kappa shape index (κ2) is 7.45. The molecule has 1 unspecified atom stereocenters. The second-order valence-electron chi connectivity index (χ2n) is 5.77. The largest absolute Gasteiger partial charge is 0.351 e. The molecule has 0 amide bonds. The fourth-order valence-corrected chi connectivity index (χ4v) is 3.70. The van der Waals surface area contributed by atoms with Crippen molar-refractivity contribution >= 4 is 17.3 Å². The zero-order valence-electron chi connectivity index (χ0n) is 13.0. The van der Waals surface area contributed by atoms with Crippen LogP contribution in [0, 0.1) is 5.92 Å². The van der Waals surface area contributed by atoms with E-state index in [1.165, 1.54) is 23.3 Å². The topological polar surface area (TPSA) is 27.6 Å². The van der Waals surface area contributed by atoms with Crippen LogP contribution in [0.4, 0.5) is 0 Å². The standard InChI is InChI=1S/C18H23N3S/c1-19-18(20-13-17-8-5-11-22-17)21-10-9-16(14-21)12-15-6-3-2-4-7-15/h2-8,11,16H,9-10,12-14H2,1H3,(H,19,20). The van der Waals surface area contributed by atoms with E-state index in [1.807, 2.05) is 7.05 Å². The van der Waals surface area contributed by atoms with Crippen LogP contribution in [-0.4, -0.2) is 31.0 Å². The van der Waals surface area contributed by atoms with Gasteiger partial charge in [-0.3, -0.25) is 4.99 Å². The zero-order chi connectivity index (χ0) is 15.2. The molecule has 0 radical (unpaired) electrons. The van der Waals surface area contributed by atoms with Crippen molar-refractivity contribution in [1.29, 1.82) is 0 Å². The number of hydrogen-bond acceptors (Lipinski definition) is 2. The Hall–Kier alpha value is -1.81. The summed E-state index contributed by atoms with van der Waals surface area (Å²) >= 11 is 1.78. The van der Waals surface area contributed by atoms with Gasteiger partial charge in [0.25, 0.3) is 0 Å². The fraction of sp³-hybridized carbons (Fsp3) is 0.389. The first-order valence-corrected chi connectivity index (χ1v) is 8.75. The van der Waals surface area contributed by atoms with E-state index in [0.717, 1.165) is 31.5 Å². The van der Waals surface area contributed by atoms with Crippen molar-refractivity contribution in [3.8, 4) is 0 Å². The lowest BCUT2D eigenvalue weighted by Gasteiger charge is -2.21. The number of nitrogens with zero attached hydrogens (tertiary/aromatic N) is 2. The molecule has 0 saturated carbocycles. The summed E-state index contributed by atoms with van der Waals surface area (Å²) in [5.41, 5.74) is 1.44. The number of nitrogens with one attached hydrogen (secondary N) is 1. The first-order chi connectivity index (χ1) is 10.8. The van der Waals surface area contributed by atoms with E-state index in [4.69, 9.17) is 0 Å². The summed E-state index contributed by atoms with van der Waals surface area (Å²) in [6, 6.07) is 15.1. The van der Waals surface area contributed by atoms with Gasteiger partial charge in [0, 0.05) is 25.0 Å². The van der Waals surface area contributed by atoms with E-state index in [2.05, 4.69) is 63.1 Å². The normalized spacial score (nSPS) is 18.7. The van der Waals surface area contributed by atoms with Gasteiger partial charge in [0.2, 0.25) is 0 Å². The average molecular weight is 313 g/mol. The van der Waals surface area contributed by atoms with Crippen LogP contribution < -0.4 is 5.32 Å². The summed E-state index contributed by atoms with van der Waals surface area (Å²) in [6.07, 6.45) is 2.41. The molecule has 1 aromatic heterocycles. The lowest BCUT2D eigenvalue weighted by Crippen LogP contribution is -2.39. The Labute approximate surface area is 136 Å². The van der Waals surface area contributed by atoms with Crippen molar-refractivity contribution in [3.63, 3.8) is 0 Å². The predicted molar refractivity (Wildman–Crippen MR) is 94.3 cm³/mol. The zero-order valence-corrected chi connectivity index (χ0v) is 13.9. The monoisotopic (exact) mass is 313 g/mol. The number of hydrogen-bond donors (Lipinski definition) is 1. The average Bonchev–Trinajstić information content (AvgIpc) is 3.21. The molecule has 2 aromatic rings. The predicted octanol–water partition coefficient (Wildman–Crippen LogP) is 3.39. The summed E-state index contributed by atoms with van der Waals surface area (Å²) in [7, 11) is 1.88. The molecule has 1 aromatic carbocycles. The van der Waals surface area contributed by atoms with E-state index < -0.39 is 0 Å². The first-order valence-electron chi connectivity index (χ1n) is 7.87. The SMILES string of the molecule is CN=C(NCc1cccs1)N1CCC(Cc2ccccc2)C1. The van der Waals surface area contributed by atoms with Gasteiger partial charge in [0.15, 0.2) is 5.96 Å². The van der Waals surface area contributed by atoms with E-state index in [0.29, 0.717) is 0 Å². The Balaban J connectivity index is 1.52. The smallest absolute Gasteiger partial charge is 0.193 e. The minimum Gasteiger partial charge on any atom is -0.351 e. The maximum absolute atomic E-state index is 4.45. The highest BCUT2D eigenvalue weighted by molar-refractivity contribution is 7.09. The Morgan fingerprint density at radius 1 is 1.27 bits per heavy atom. The molecule has 4 heteroatoms. The molecule has 2 heterocycles.